The third-order valence-electron chi connectivity index (χ3n) is 4.07. The second-order valence-electron chi connectivity index (χ2n) is 5.89. The van der Waals surface area contributed by atoms with Crippen LogP contribution in [0.15, 0.2) is 34.2 Å². The molecule has 1 aromatic carbocycles. The summed E-state index contributed by atoms with van der Waals surface area (Å²) >= 11 is 6.21. The molecule has 30 heavy (non-hydrogen) atoms. The molecule has 2 aromatic rings. The molecule has 0 spiro atoms. The van der Waals surface area contributed by atoms with Gasteiger partial charge in [0, 0.05) is 18.7 Å². The summed E-state index contributed by atoms with van der Waals surface area (Å²) in [6.45, 7) is 3.41. The lowest BCUT2D eigenvalue weighted by molar-refractivity contribution is -0.137. The zero-order valence-corrected chi connectivity index (χ0v) is 16.8. The van der Waals surface area contributed by atoms with Crippen molar-refractivity contribution in [2.75, 3.05) is 6.54 Å². The number of guanidine groups is 1. The van der Waals surface area contributed by atoms with Gasteiger partial charge in [0.25, 0.3) is 11.5 Å². The summed E-state index contributed by atoms with van der Waals surface area (Å²) in [5.41, 5.74) is -3.42. The summed E-state index contributed by atoms with van der Waals surface area (Å²) in [4.78, 5) is 25.4. The number of carbonyl (C=O) groups is 1. The van der Waals surface area contributed by atoms with Gasteiger partial charge in [-0.25, -0.2) is 10.5 Å². The highest BCUT2D eigenvalue weighted by Crippen LogP contribution is 2.38. The normalized spacial score (nSPS) is 12.0. The van der Waals surface area contributed by atoms with E-state index >= 15 is 0 Å². The third-order valence-corrected chi connectivity index (χ3v) is 4.44. The van der Waals surface area contributed by atoms with Crippen molar-refractivity contribution in [1.82, 2.24) is 20.1 Å². The van der Waals surface area contributed by atoms with Gasteiger partial charge in [-0.15, -0.1) is 5.10 Å². The number of hydrazone groups is 1. The average Bonchev–Trinajstić information content (AvgIpc) is 2.71. The van der Waals surface area contributed by atoms with Gasteiger partial charge in [-0.3, -0.25) is 19.9 Å². The topological polar surface area (TPSA) is 132 Å². The minimum atomic E-state index is -4.75. The first-order valence-corrected chi connectivity index (χ1v) is 9.03. The molecule has 2 rings (SSSR count). The molecular formula is C17H19ClF3N7O2. The van der Waals surface area contributed by atoms with Crippen LogP contribution >= 0.6 is 11.6 Å². The third kappa shape index (κ3) is 4.54. The highest BCUT2D eigenvalue weighted by molar-refractivity contribution is 6.36. The lowest BCUT2D eigenvalue weighted by atomic mass is 10.00. The Morgan fingerprint density at radius 2 is 1.97 bits per heavy atom. The maximum Gasteiger partial charge on any atom is 0.417 e. The maximum atomic E-state index is 13.5. The summed E-state index contributed by atoms with van der Waals surface area (Å²) in [7, 11) is 0. The minimum Gasteiger partial charge on any atom is -0.320 e. The number of amides is 1. The average molecular weight is 446 g/mol. The van der Waals surface area contributed by atoms with E-state index in [0.29, 0.717) is 0 Å². The van der Waals surface area contributed by atoms with Crippen LogP contribution in [-0.2, 0) is 12.7 Å². The zero-order chi connectivity index (χ0) is 22.6. The maximum absolute atomic E-state index is 13.5. The van der Waals surface area contributed by atoms with E-state index in [9.17, 15) is 22.8 Å². The molecule has 0 aliphatic rings. The van der Waals surface area contributed by atoms with Crippen molar-refractivity contribution in [2.24, 2.45) is 16.8 Å². The first-order chi connectivity index (χ1) is 14.1. The van der Waals surface area contributed by atoms with Gasteiger partial charge in [0.1, 0.15) is 0 Å². The van der Waals surface area contributed by atoms with Crippen molar-refractivity contribution in [2.45, 2.75) is 26.6 Å². The second kappa shape index (κ2) is 9.13. The number of nitrogens with zero attached hydrogens (tertiary/aromatic N) is 4. The van der Waals surface area contributed by atoms with E-state index in [0.717, 1.165) is 21.8 Å². The predicted octanol–water partition coefficient (Wildman–Crippen LogP) is 1.76. The monoisotopic (exact) mass is 445 g/mol. The van der Waals surface area contributed by atoms with E-state index in [4.69, 9.17) is 23.3 Å². The number of nitrogens with one attached hydrogen (secondary N) is 1. The Morgan fingerprint density at radius 1 is 1.33 bits per heavy atom. The molecule has 0 radical (unpaired) electrons. The van der Waals surface area contributed by atoms with Crippen molar-refractivity contribution in [1.29, 1.82) is 0 Å². The molecule has 0 unspecified atom stereocenters. The van der Waals surface area contributed by atoms with Crippen molar-refractivity contribution < 1.29 is 18.0 Å². The molecule has 13 heteroatoms. The van der Waals surface area contributed by atoms with Gasteiger partial charge in [0.2, 0.25) is 5.96 Å². The van der Waals surface area contributed by atoms with E-state index in [2.05, 4.69) is 15.5 Å². The highest BCUT2D eigenvalue weighted by atomic mass is 35.5. The van der Waals surface area contributed by atoms with Gasteiger partial charge in [-0.1, -0.05) is 29.8 Å². The molecule has 1 heterocycles. The lowest BCUT2D eigenvalue weighted by Gasteiger charge is -2.19. The van der Waals surface area contributed by atoms with Gasteiger partial charge >= 0.3 is 6.18 Å². The van der Waals surface area contributed by atoms with Crippen LogP contribution in [0.1, 0.15) is 29.9 Å². The van der Waals surface area contributed by atoms with E-state index in [1.54, 1.807) is 6.92 Å². The van der Waals surface area contributed by atoms with Gasteiger partial charge in [0.15, 0.2) is 5.69 Å². The number of hydrazine groups is 1. The number of aromatic nitrogens is 2. The predicted molar refractivity (Wildman–Crippen MR) is 105 cm³/mol. The molecule has 9 nitrogen and oxygen atoms in total. The van der Waals surface area contributed by atoms with Crippen LogP contribution in [0.4, 0.5) is 13.2 Å². The molecule has 0 bridgehead atoms. The number of rotatable bonds is 4. The second-order valence-corrected chi connectivity index (χ2v) is 6.27. The molecule has 162 valence electrons. The summed E-state index contributed by atoms with van der Waals surface area (Å²) in [6, 6.07) is 4.41. The Kier molecular flexibility index (Phi) is 7.05. The Morgan fingerprint density at radius 3 is 2.50 bits per heavy atom. The first-order valence-electron chi connectivity index (χ1n) is 8.65. The number of carbonyl (C=O) groups excluding carboxylic acids is 1. The van der Waals surface area contributed by atoms with E-state index in [-0.39, 0.29) is 19.0 Å². The van der Waals surface area contributed by atoms with Crippen molar-refractivity contribution in [3.05, 3.63) is 50.9 Å². The van der Waals surface area contributed by atoms with E-state index < -0.39 is 45.0 Å². The van der Waals surface area contributed by atoms with Gasteiger partial charge in [0.05, 0.1) is 16.1 Å². The fraction of sp³-hybridized carbons (Fsp3) is 0.294. The quantitative estimate of drug-likeness (QED) is 0.284. The number of alkyl halides is 3. The number of hydrogen-bond donors (Lipinski definition) is 3. The van der Waals surface area contributed by atoms with E-state index in [1.807, 2.05) is 0 Å². The molecule has 1 amide bonds. The largest absolute Gasteiger partial charge is 0.417 e. The lowest BCUT2D eigenvalue weighted by Crippen LogP contribution is -2.49. The number of hydrogen-bond acceptors (Lipinski definition) is 6. The molecule has 0 atom stereocenters. The molecule has 0 aliphatic carbocycles. The van der Waals surface area contributed by atoms with Crippen LogP contribution in [0.2, 0.25) is 5.02 Å². The van der Waals surface area contributed by atoms with Crippen LogP contribution in [0.3, 0.4) is 0 Å². The van der Waals surface area contributed by atoms with Crippen molar-refractivity contribution in [3.63, 3.8) is 0 Å². The van der Waals surface area contributed by atoms with Gasteiger partial charge in [-0.2, -0.15) is 18.3 Å². The molecule has 0 saturated carbocycles. The Bertz CT molecular complexity index is 1040. The Hall–Kier alpha value is -3.12. The number of benzene rings is 1. The molecule has 0 saturated heterocycles. The molecular weight excluding hydrogens is 427 g/mol. The van der Waals surface area contributed by atoms with Crippen LogP contribution in [0.5, 0.6) is 0 Å². The van der Waals surface area contributed by atoms with Gasteiger partial charge < -0.3 is 5.84 Å². The highest BCUT2D eigenvalue weighted by Gasteiger charge is 2.35. The SMILES string of the molecule is CCN(N)/C(=N\N)NC(=O)c1nn(CC)c(=O)c(-c2ccccc2C(F)(F)F)c1Cl. The number of halogens is 4. The minimum absolute atomic E-state index is 0.0206. The zero-order valence-electron chi connectivity index (χ0n) is 16.0. The Balaban J connectivity index is 2.72. The van der Waals surface area contributed by atoms with Crippen LogP contribution in [0.25, 0.3) is 11.1 Å². The fourth-order valence-electron chi connectivity index (χ4n) is 2.58. The van der Waals surface area contributed by atoms with Crippen LogP contribution < -0.4 is 22.6 Å². The molecule has 1 aromatic heterocycles. The molecule has 0 aliphatic heterocycles. The van der Waals surface area contributed by atoms with Crippen molar-refractivity contribution in [3.8, 4) is 11.1 Å². The van der Waals surface area contributed by atoms with Crippen molar-refractivity contribution >= 4 is 23.5 Å². The molecule has 0 fully saturated rings. The standard InChI is InChI=1S/C17H19ClF3N7O2/c1-3-27(23)16(25-22)24-14(29)13-12(18)11(15(30)28(4-2)26-13)9-7-5-6-8-10(9)17(19,20)21/h5-8H,3-4,22-23H2,1-2H3,(H,24,25,29). The van der Waals surface area contributed by atoms with Crippen LogP contribution in [0, 0.1) is 0 Å². The number of aryl methyl sites for hydroxylation is 1. The Labute approximate surface area is 174 Å². The van der Waals surface area contributed by atoms with Crippen LogP contribution in [-0.4, -0.2) is 33.2 Å². The fourth-order valence-corrected chi connectivity index (χ4v) is 2.89. The summed E-state index contributed by atoms with van der Waals surface area (Å²) < 4.78 is 41.3. The number of nitrogens with two attached hydrogens (primary N) is 2. The summed E-state index contributed by atoms with van der Waals surface area (Å²) in [6.07, 6.45) is -4.75. The van der Waals surface area contributed by atoms with Gasteiger partial charge in [-0.05, 0) is 19.9 Å². The summed E-state index contributed by atoms with van der Waals surface area (Å²) in [5, 5.41) is 9.94. The van der Waals surface area contributed by atoms with E-state index in [1.165, 1.54) is 19.1 Å². The first kappa shape index (κ1) is 23.2. The smallest absolute Gasteiger partial charge is 0.320 e. The summed E-state index contributed by atoms with van der Waals surface area (Å²) in [5.74, 6) is 9.65. The molecule has 5 N–H and O–H groups in total.